The number of rotatable bonds is 3. The van der Waals surface area contributed by atoms with Crippen molar-refractivity contribution >= 4 is 12.4 Å². The highest BCUT2D eigenvalue weighted by atomic mass is 19.1. The van der Waals surface area contributed by atoms with Crippen molar-refractivity contribution in [3.8, 4) is 0 Å². The van der Waals surface area contributed by atoms with E-state index in [0.717, 1.165) is 17.7 Å². The van der Waals surface area contributed by atoms with Crippen LogP contribution in [0.5, 0.6) is 0 Å². The summed E-state index contributed by atoms with van der Waals surface area (Å²) in [7, 11) is 0. The fourth-order valence-corrected chi connectivity index (χ4v) is 1.65. The van der Waals surface area contributed by atoms with Crippen molar-refractivity contribution in [3.63, 3.8) is 0 Å². The molecule has 0 radical (unpaired) electrons. The third kappa shape index (κ3) is 1.84. The second-order valence-electron chi connectivity index (χ2n) is 3.64. The lowest BCUT2D eigenvalue weighted by atomic mass is 9.96. The van der Waals surface area contributed by atoms with Crippen LogP contribution >= 0.6 is 0 Å². The molecule has 0 bridgehead atoms. The molecule has 0 aliphatic carbocycles. The number of halogens is 1. The molecule has 2 heteroatoms. The Labute approximate surface area is 84.7 Å². The van der Waals surface area contributed by atoms with Gasteiger partial charge in [-0.15, -0.1) is 0 Å². The Morgan fingerprint density at radius 1 is 1.43 bits per heavy atom. The van der Waals surface area contributed by atoms with Crippen molar-refractivity contribution < 1.29 is 4.39 Å². The maximum atomic E-state index is 13.5. The second kappa shape index (κ2) is 4.36. The molecule has 0 fully saturated rings. The first-order valence-electron chi connectivity index (χ1n) is 4.89. The number of hydrogen-bond acceptors (Lipinski definition) is 1. The normalized spacial score (nSPS) is 10.6. The highest BCUT2D eigenvalue weighted by molar-refractivity contribution is 5.58. The van der Waals surface area contributed by atoms with Crippen LogP contribution in [0, 0.1) is 5.82 Å². The molecule has 0 aromatic heterocycles. The summed E-state index contributed by atoms with van der Waals surface area (Å²) in [6.45, 7) is 9.47. The Bertz CT molecular complexity index is 342. The van der Waals surface area contributed by atoms with Crippen molar-refractivity contribution in [2.75, 3.05) is 0 Å². The molecule has 0 amide bonds. The van der Waals surface area contributed by atoms with Gasteiger partial charge in [-0.1, -0.05) is 26.8 Å². The molecule has 0 unspecified atom stereocenters. The molecule has 0 atom stereocenters. The molecule has 0 saturated heterocycles. The van der Waals surface area contributed by atoms with E-state index in [4.69, 9.17) is 0 Å². The summed E-state index contributed by atoms with van der Waals surface area (Å²) in [5.41, 5.74) is 2.46. The predicted octanol–water partition coefficient (Wildman–Crippen LogP) is 3.84. The molecule has 14 heavy (non-hydrogen) atoms. The van der Waals surface area contributed by atoms with Crippen LogP contribution in [-0.4, -0.2) is 6.72 Å². The van der Waals surface area contributed by atoms with E-state index in [1.54, 1.807) is 6.07 Å². The van der Waals surface area contributed by atoms with E-state index in [0.29, 0.717) is 5.56 Å². The average molecular weight is 193 g/mol. The number of hydrogen-bond donors (Lipinski definition) is 0. The third-order valence-corrected chi connectivity index (χ3v) is 2.36. The van der Waals surface area contributed by atoms with Crippen molar-refractivity contribution in [1.82, 2.24) is 0 Å². The molecule has 1 rings (SSSR count). The number of aliphatic imine (C=N–C) groups is 1. The van der Waals surface area contributed by atoms with Gasteiger partial charge in [-0.25, -0.2) is 4.39 Å². The van der Waals surface area contributed by atoms with Gasteiger partial charge in [0.1, 0.15) is 5.82 Å². The van der Waals surface area contributed by atoms with E-state index < -0.39 is 0 Å². The quantitative estimate of drug-likeness (QED) is 0.647. The number of aryl methyl sites for hydroxylation is 1. The van der Waals surface area contributed by atoms with Crippen molar-refractivity contribution in [2.45, 2.75) is 33.1 Å². The molecule has 0 saturated carbocycles. The van der Waals surface area contributed by atoms with Gasteiger partial charge in [-0.05, 0) is 30.7 Å². The highest BCUT2D eigenvalue weighted by Gasteiger charge is 2.14. The second-order valence-corrected chi connectivity index (χ2v) is 3.64. The monoisotopic (exact) mass is 193 g/mol. The zero-order valence-electron chi connectivity index (χ0n) is 8.97. The van der Waals surface area contributed by atoms with E-state index in [2.05, 4.69) is 11.7 Å². The SMILES string of the molecule is C=Nc1c(CC)ccc(F)c1C(C)C. The molecular formula is C12H16FN. The zero-order valence-corrected chi connectivity index (χ0v) is 8.97. The summed E-state index contributed by atoms with van der Waals surface area (Å²) in [5, 5.41) is 0. The van der Waals surface area contributed by atoms with Gasteiger partial charge in [0.25, 0.3) is 0 Å². The molecule has 1 nitrogen and oxygen atoms in total. The molecule has 0 aliphatic heterocycles. The Morgan fingerprint density at radius 3 is 2.50 bits per heavy atom. The minimum absolute atomic E-state index is 0.141. The van der Waals surface area contributed by atoms with Gasteiger partial charge in [-0.3, -0.25) is 4.99 Å². The Morgan fingerprint density at radius 2 is 2.07 bits per heavy atom. The maximum absolute atomic E-state index is 13.5. The highest BCUT2D eigenvalue weighted by Crippen LogP contribution is 2.32. The first-order chi connectivity index (χ1) is 6.61. The topological polar surface area (TPSA) is 12.4 Å². The smallest absolute Gasteiger partial charge is 0.128 e. The van der Waals surface area contributed by atoms with E-state index in [-0.39, 0.29) is 11.7 Å². The summed E-state index contributed by atoms with van der Waals surface area (Å²) >= 11 is 0. The molecule has 0 N–H and O–H groups in total. The Kier molecular flexibility index (Phi) is 3.39. The maximum Gasteiger partial charge on any atom is 0.128 e. The average Bonchev–Trinajstić information content (AvgIpc) is 2.16. The van der Waals surface area contributed by atoms with Gasteiger partial charge in [0.2, 0.25) is 0 Å². The van der Waals surface area contributed by atoms with E-state index in [9.17, 15) is 4.39 Å². The lowest BCUT2D eigenvalue weighted by Gasteiger charge is -2.13. The molecule has 0 heterocycles. The molecule has 0 aliphatic rings. The van der Waals surface area contributed by atoms with Gasteiger partial charge in [0.15, 0.2) is 0 Å². The van der Waals surface area contributed by atoms with E-state index in [1.807, 2.05) is 20.8 Å². The number of benzene rings is 1. The first kappa shape index (κ1) is 10.9. The summed E-state index contributed by atoms with van der Waals surface area (Å²) in [6.07, 6.45) is 0.856. The van der Waals surface area contributed by atoms with Crippen LogP contribution in [0.15, 0.2) is 17.1 Å². The molecule has 76 valence electrons. The minimum atomic E-state index is -0.181. The van der Waals surface area contributed by atoms with Crippen LogP contribution in [0.25, 0.3) is 0 Å². The van der Waals surface area contributed by atoms with Crippen LogP contribution in [0.3, 0.4) is 0 Å². The summed E-state index contributed by atoms with van der Waals surface area (Å²) in [4.78, 5) is 3.93. The summed E-state index contributed by atoms with van der Waals surface area (Å²) in [6, 6.07) is 3.30. The third-order valence-electron chi connectivity index (χ3n) is 2.36. The van der Waals surface area contributed by atoms with E-state index >= 15 is 0 Å². The molecular weight excluding hydrogens is 177 g/mol. The van der Waals surface area contributed by atoms with Crippen molar-refractivity contribution in [2.24, 2.45) is 4.99 Å². The molecule has 1 aromatic rings. The van der Waals surface area contributed by atoms with Crippen LogP contribution < -0.4 is 0 Å². The van der Waals surface area contributed by atoms with Crippen LogP contribution in [-0.2, 0) is 6.42 Å². The fourth-order valence-electron chi connectivity index (χ4n) is 1.65. The largest absolute Gasteiger partial charge is 0.264 e. The summed E-state index contributed by atoms with van der Waals surface area (Å²) in [5.74, 6) is -0.0402. The van der Waals surface area contributed by atoms with Gasteiger partial charge in [-0.2, -0.15) is 0 Å². The Hall–Kier alpha value is -1.18. The zero-order chi connectivity index (χ0) is 10.7. The lowest BCUT2D eigenvalue weighted by Crippen LogP contribution is -1.96. The van der Waals surface area contributed by atoms with Gasteiger partial charge >= 0.3 is 0 Å². The van der Waals surface area contributed by atoms with E-state index in [1.165, 1.54) is 6.07 Å². The van der Waals surface area contributed by atoms with Gasteiger partial charge < -0.3 is 0 Å². The fraction of sp³-hybridized carbons (Fsp3) is 0.417. The van der Waals surface area contributed by atoms with Gasteiger partial charge in [0.05, 0.1) is 5.69 Å². The van der Waals surface area contributed by atoms with Crippen LogP contribution in [0.2, 0.25) is 0 Å². The summed E-state index contributed by atoms with van der Waals surface area (Å²) < 4.78 is 13.5. The van der Waals surface area contributed by atoms with Crippen LogP contribution in [0.1, 0.15) is 37.8 Å². The molecule has 0 spiro atoms. The van der Waals surface area contributed by atoms with Crippen molar-refractivity contribution in [3.05, 3.63) is 29.1 Å². The number of nitrogens with zero attached hydrogens (tertiary/aromatic N) is 1. The van der Waals surface area contributed by atoms with Crippen LogP contribution in [0.4, 0.5) is 10.1 Å². The first-order valence-corrected chi connectivity index (χ1v) is 4.89. The lowest BCUT2D eigenvalue weighted by molar-refractivity contribution is 0.598. The van der Waals surface area contributed by atoms with Crippen molar-refractivity contribution in [1.29, 1.82) is 0 Å². The predicted molar refractivity (Wildman–Crippen MR) is 59.1 cm³/mol. The van der Waals surface area contributed by atoms with Gasteiger partial charge in [0, 0.05) is 5.56 Å². The minimum Gasteiger partial charge on any atom is -0.264 e. The standard InChI is InChI=1S/C12H16FN/c1-5-9-6-7-10(13)11(8(2)3)12(9)14-4/h6-8H,4-5H2,1-3H3. The Balaban J connectivity index is 3.42. The molecule has 1 aromatic carbocycles.